The highest BCUT2D eigenvalue weighted by atomic mass is 32.2. The molecule has 1 aromatic heterocycles. The van der Waals surface area contributed by atoms with Gasteiger partial charge in [-0.1, -0.05) is 36.2 Å². The predicted molar refractivity (Wildman–Crippen MR) is 139 cm³/mol. The molecule has 1 atom stereocenters. The smallest absolute Gasteiger partial charge is 0.227 e. The maximum Gasteiger partial charge on any atom is 0.227 e. The zero-order chi connectivity index (χ0) is 24.0. The highest BCUT2D eigenvalue weighted by molar-refractivity contribution is 8.14. The number of benzene rings is 1. The van der Waals surface area contributed by atoms with E-state index in [1.54, 1.807) is 0 Å². The number of hydrogen-bond acceptors (Lipinski definition) is 7. The van der Waals surface area contributed by atoms with Gasteiger partial charge in [-0.3, -0.25) is 0 Å². The first-order chi connectivity index (χ1) is 16.2. The molecule has 0 amide bonds. The Labute approximate surface area is 204 Å². The number of rotatable bonds is 8. The molecule has 1 aliphatic carbocycles. The van der Waals surface area contributed by atoms with E-state index in [0.29, 0.717) is 12.5 Å². The third-order valence-electron chi connectivity index (χ3n) is 7.40. The Bertz CT molecular complexity index is 1190. The van der Waals surface area contributed by atoms with E-state index in [1.807, 2.05) is 18.2 Å². The minimum absolute atomic E-state index is 0.0999. The van der Waals surface area contributed by atoms with Gasteiger partial charge in [0.15, 0.2) is 0 Å². The minimum atomic E-state index is -3.29. The van der Waals surface area contributed by atoms with Crippen LogP contribution in [0.15, 0.2) is 35.2 Å². The van der Waals surface area contributed by atoms with E-state index in [4.69, 9.17) is 9.97 Å². The van der Waals surface area contributed by atoms with E-state index >= 15 is 0 Å². The van der Waals surface area contributed by atoms with Crippen molar-refractivity contribution >= 4 is 38.1 Å². The third-order valence-corrected chi connectivity index (χ3v) is 9.77. The molecular weight excluding hydrogens is 470 g/mol. The number of piperidine rings is 1. The summed E-state index contributed by atoms with van der Waals surface area (Å²) in [7, 11) is -3.42. The molecule has 1 aromatic carbocycles. The van der Waals surface area contributed by atoms with Crippen molar-refractivity contribution in [1.82, 2.24) is 14.7 Å². The van der Waals surface area contributed by atoms with E-state index in [0.717, 1.165) is 72.9 Å². The molecule has 184 valence electrons. The van der Waals surface area contributed by atoms with Gasteiger partial charge in [-0.05, 0) is 43.4 Å². The number of anilines is 2. The van der Waals surface area contributed by atoms with Crippen molar-refractivity contribution in [2.75, 3.05) is 48.5 Å². The minimum Gasteiger partial charge on any atom is -0.394 e. The number of aliphatic hydroxyl groups excluding tert-OH is 1. The van der Waals surface area contributed by atoms with E-state index in [9.17, 15) is 13.5 Å². The molecule has 5 rings (SSSR count). The number of aliphatic hydroxyl groups is 1. The van der Waals surface area contributed by atoms with Crippen molar-refractivity contribution in [2.45, 2.75) is 48.0 Å². The van der Waals surface area contributed by atoms with Crippen molar-refractivity contribution in [3.05, 3.63) is 41.6 Å². The number of aromatic nitrogens is 2. The Hall–Kier alpha value is -2.01. The molecule has 3 aliphatic rings. The number of hydrogen-bond donors (Lipinski definition) is 3. The molecule has 3 heterocycles. The van der Waals surface area contributed by atoms with Gasteiger partial charge in [-0.2, -0.15) is 15.5 Å². The van der Waals surface area contributed by atoms with Crippen LogP contribution in [0.5, 0.6) is 0 Å². The summed E-state index contributed by atoms with van der Waals surface area (Å²) in [6.45, 7) is 1.95. The first-order valence-electron chi connectivity index (χ1n) is 11.8. The lowest BCUT2D eigenvalue weighted by atomic mass is 9.73. The lowest BCUT2D eigenvalue weighted by molar-refractivity contribution is 0.265. The second kappa shape index (κ2) is 8.89. The molecule has 1 saturated carbocycles. The summed E-state index contributed by atoms with van der Waals surface area (Å²) < 4.78 is 26.5. The standard InChI is InChI=1S/C24H33N5O3S2/c1-33-15-8-19-20(33)21(28-24(17-30)9-10-24)27-22(26-19)29-13-11-23(12-14-29,16-25-34(2,31)32)18-6-4-3-5-7-18/h3-7,25,30H,1,8-17H2,2H3,(H,26,27,28). The lowest BCUT2D eigenvalue weighted by Gasteiger charge is -2.42. The summed E-state index contributed by atoms with van der Waals surface area (Å²) in [4.78, 5) is 13.2. The van der Waals surface area contributed by atoms with Gasteiger partial charge in [0, 0.05) is 25.0 Å². The summed E-state index contributed by atoms with van der Waals surface area (Å²) in [5, 5.41) is 13.4. The second-order valence-electron chi connectivity index (χ2n) is 9.89. The predicted octanol–water partition coefficient (Wildman–Crippen LogP) is 2.12. The van der Waals surface area contributed by atoms with Crippen molar-refractivity contribution in [1.29, 1.82) is 0 Å². The normalized spacial score (nSPS) is 22.9. The molecule has 3 N–H and O–H groups in total. The van der Waals surface area contributed by atoms with Crippen molar-refractivity contribution in [2.24, 2.45) is 0 Å². The summed E-state index contributed by atoms with van der Waals surface area (Å²) in [6, 6.07) is 10.2. The Morgan fingerprint density at radius 1 is 1.15 bits per heavy atom. The first kappa shape index (κ1) is 23.7. The molecular formula is C24H33N5O3S2. The van der Waals surface area contributed by atoms with Crippen LogP contribution in [0.4, 0.5) is 11.8 Å². The van der Waals surface area contributed by atoms with Gasteiger partial charge in [0.25, 0.3) is 0 Å². The van der Waals surface area contributed by atoms with Gasteiger partial charge in [-0.25, -0.2) is 18.1 Å². The van der Waals surface area contributed by atoms with Gasteiger partial charge in [0.1, 0.15) is 5.82 Å². The molecule has 2 aliphatic heterocycles. The van der Waals surface area contributed by atoms with Crippen molar-refractivity contribution < 1.29 is 13.5 Å². The van der Waals surface area contributed by atoms with Crippen LogP contribution < -0.4 is 14.9 Å². The fourth-order valence-corrected chi connectivity index (χ4v) is 7.03. The Kier molecular flexibility index (Phi) is 6.20. The summed E-state index contributed by atoms with van der Waals surface area (Å²) in [5.74, 6) is 6.86. The van der Waals surface area contributed by atoms with Gasteiger partial charge in [0.05, 0.1) is 29.0 Å². The SMILES string of the molecule is C=S1CCc2nc(N3CCC(CNS(C)(=O)=O)(c4ccccc4)CC3)nc(NC3(CO)CC3)c21. The maximum atomic E-state index is 11.9. The highest BCUT2D eigenvalue weighted by Crippen LogP contribution is 2.46. The molecule has 0 radical (unpaired) electrons. The van der Waals surface area contributed by atoms with Gasteiger partial charge < -0.3 is 15.3 Å². The Morgan fingerprint density at radius 2 is 1.85 bits per heavy atom. The molecule has 34 heavy (non-hydrogen) atoms. The Balaban J connectivity index is 1.41. The molecule has 0 spiro atoms. The topological polar surface area (TPSA) is 107 Å². The number of nitrogens with zero attached hydrogens (tertiary/aromatic N) is 3. The van der Waals surface area contributed by atoms with Crippen LogP contribution in [0.3, 0.4) is 0 Å². The van der Waals surface area contributed by atoms with Crippen LogP contribution in [-0.2, 0) is 21.9 Å². The Morgan fingerprint density at radius 3 is 2.47 bits per heavy atom. The van der Waals surface area contributed by atoms with E-state index in [2.05, 4.69) is 32.9 Å². The van der Waals surface area contributed by atoms with E-state index in [-0.39, 0.29) is 28.0 Å². The summed E-state index contributed by atoms with van der Waals surface area (Å²) in [5.41, 5.74) is 1.70. The third kappa shape index (κ3) is 4.73. The number of sulfonamides is 1. The van der Waals surface area contributed by atoms with Crippen LogP contribution in [-0.4, -0.2) is 73.2 Å². The van der Waals surface area contributed by atoms with Crippen LogP contribution in [0, 0.1) is 0 Å². The molecule has 1 saturated heterocycles. The van der Waals surface area contributed by atoms with Gasteiger partial charge in [0.2, 0.25) is 16.0 Å². The molecule has 8 nitrogen and oxygen atoms in total. The first-order valence-corrected chi connectivity index (χ1v) is 15.2. The molecule has 0 bridgehead atoms. The monoisotopic (exact) mass is 503 g/mol. The fourth-order valence-electron chi connectivity index (χ4n) is 4.99. The fraction of sp³-hybridized carbons (Fsp3) is 0.542. The van der Waals surface area contributed by atoms with Crippen LogP contribution in [0.2, 0.25) is 0 Å². The maximum absolute atomic E-state index is 11.9. The van der Waals surface area contributed by atoms with Crippen molar-refractivity contribution in [3.8, 4) is 0 Å². The number of aryl methyl sites for hydroxylation is 1. The number of fused-ring (bicyclic) bond motifs is 1. The van der Waals surface area contributed by atoms with E-state index in [1.165, 1.54) is 6.26 Å². The van der Waals surface area contributed by atoms with Crippen LogP contribution >= 0.6 is 10.5 Å². The van der Waals surface area contributed by atoms with Crippen LogP contribution in [0.1, 0.15) is 36.9 Å². The highest BCUT2D eigenvalue weighted by Gasteiger charge is 2.44. The number of nitrogens with one attached hydrogen (secondary N) is 2. The average molecular weight is 504 g/mol. The summed E-state index contributed by atoms with van der Waals surface area (Å²) in [6.07, 6.45) is 5.59. The summed E-state index contributed by atoms with van der Waals surface area (Å²) >= 11 is 0. The second-order valence-corrected chi connectivity index (χ2v) is 13.5. The van der Waals surface area contributed by atoms with E-state index < -0.39 is 10.0 Å². The molecule has 1 unspecified atom stereocenters. The van der Waals surface area contributed by atoms with Crippen LogP contribution in [0.25, 0.3) is 0 Å². The molecule has 2 aromatic rings. The quantitative estimate of drug-likeness (QED) is 0.474. The van der Waals surface area contributed by atoms with Gasteiger partial charge >= 0.3 is 0 Å². The lowest BCUT2D eigenvalue weighted by Crippen LogP contribution is -2.49. The molecule has 2 fully saturated rings. The zero-order valence-electron chi connectivity index (χ0n) is 19.6. The zero-order valence-corrected chi connectivity index (χ0v) is 21.2. The molecule has 10 heteroatoms. The van der Waals surface area contributed by atoms with Crippen molar-refractivity contribution in [3.63, 3.8) is 0 Å². The average Bonchev–Trinajstić information content (AvgIpc) is 3.51. The largest absolute Gasteiger partial charge is 0.394 e. The van der Waals surface area contributed by atoms with Gasteiger partial charge in [-0.15, -0.1) is 0 Å².